The SMILES string of the molecule is CCOC(=O)C1=C(c2ccccc2)N=c2s/c(=C\c3ccc(-c4ccccc4C(=O)O)o3)c(=O)n2[C@H]1c1cccc(OC)c1. The van der Waals surface area contributed by atoms with Crippen molar-refractivity contribution < 1.29 is 28.6 Å². The van der Waals surface area contributed by atoms with Crippen molar-refractivity contribution in [3.63, 3.8) is 0 Å². The summed E-state index contributed by atoms with van der Waals surface area (Å²) in [5.41, 5.74) is 2.14. The van der Waals surface area contributed by atoms with Gasteiger partial charge >= 0.3 is 11.9 Å². The molecule has 44 heavy (non-hydrogen) atoms. The number of benzene rings is 3. The van der Waals surface area contributed by atoms with Gasteiger partial charge in [-0.05, 0) is 42.8 Å². The number of esters is 1. The van der Waals surface area contributed by atoms with Gasteiger partial charge in [-0.25, -0.2) is 14.6 Å². The normalized spacial score (nSPS) is 14.6. The second kappa shape index (κ2) is 12.0. The van der Waals surface area contributed by atoms with Crippen LogP contribution in [0.25, 0.3) is 23.1 Å². The van der Waals surface area contributed by atoms with Crippen molar-refractivity contribution in [3.05, 3.63) is 139 Å². The second-order valence-electron chi connectivity index (χ2n) is 9.76. The Kier molecular flexibility index (Phi) is 7.82. The number of thiazole rings is 1. The van der Waals surface area contributed by atoms with E-state index < -0.39 is 18.0 Å². The number of hydrogen-bond acceptors (Lipinski definition) is 8. The van der Waals surface area contributed by atoms with E-state index in [-0.39, 0.29) is 23.3 Å². The number of carbonyl (C=O) groups is 2. The third-order valence-corrected chi connectivity index (χ3v) is 8.09. The maximum Gasteiger partial charge on any atom is 0.338 e. The lowest BCUT2D eigenvalue weighted by Crippen LogP contribution is -2.40. The number of methoxy groups -OCH3 is 1. The zero-order valence-electron chi connectivity index (χ0n) is 23.7. The standard InChI is InChI=1S/C34H26N2O7S/c1-3-42-33(40)28-29(20-10-5-4-6-11-20)35-34-36(30(28)21-12-9-13-22(18-21)41-2)31(37)27(44-34)19-23-16-17-26(43-23)24-14-7-8-15-25(24)32(38)39/h4-19,30H,3H2,1-2H3,(H,38,39)/b27-19-/t30-/m0/s1. The highest BCUT2D eigenvalue weighted by Crippen LogP contribution is 2.36. The van der Waals surface area contributed by atoms with Crippen LogP contribution in [0.3, 0.4) is 0 Å². The first-order valence-corrected chi connectivity index (χ1v) is 14.6. The van der Waals surface area contributed by atoms with Gasteiger partial charge in [0.25, 0.3) is 5.56 Å². The van der Waals surface area contributed by atoms with Gasteiger partial charge in [0.15, 0.2) is 4.80 Å². The maximum atomic E-state index is 14.1. The highest BCUT2D eigenvalue weighted by Gasteiger charge is 2.35. The molecule has 0 saturated heterocycles. The first kappa shape index (κ1) is 28.6. The van der Waals surface area contributed by atoms with Gasteiger partial charge in [0, 0.05) is 17.2 Å². The van der Waals surface area contributed by atoms with Crippen molar-refractivity contribution >= 4 is 35.0 Å². The van der Waals surface area contributed by atoms with Crippen LogP contribution in [0.4, 0.5) is 0 Å². The third kappa shape index (κ3) is 5.27. The summed E-state index contributed by atoms with van der Waals surface area (Å²) >= 11 is 1.16. The van der Waals surface area contributed by atoms with Gasteiger partial charge < -0.3 is 19.0 Å². The van der Waals surface area contributed by atoms with Crippen LogP contribution in [0.2, 0.25) is 0 Å². The van der Waals surface area contributed by atoms with Gasteiger partial charge in [0.05, 0.1) is 41.1 Å². The molecule has 1 atom stereocenters. The number of aromatic nitrogens is 1. The predicted molar refractivity (Wildman–Crippen MR) is 165 cm³/mol. The molecule has 0 aliphatic carbocycles. The molecular formula is C34H26N2O7S. The van der Waals surface area contributed by atoms with Crippen LogP contribution in [-0.4, -0.2) is 35.3 Å². The van der Waals surface area contributed by atoms with Crippen molar-refractivity contribution in [1.82, 2.24) is 4.57 Å². The molecule has 3 heterocycles. The number of nitrogens with zero attached hydrogens (tertiary/aromatic N) is 2. The fourth-order valence-electron chi connectivity index (χ4n) is 5.16. The van der Waals surface area contributed by atoms with Crippen molar-refractivity contribution in [2.24, 2.45) is 4.99 Å². The first-order chi connectivity index (χ1) is 21.4. The zero-order chi connectivity index (χ0) is 30.8. The molecule has 0 amide bonds. The summed E-state index contributed by atoms with van der Waals surface area (Å²) in [5, 5.41) is 9.60. The van der Waals surface area contributed by atoms with Crippen molar-refractivity contribution in [2.75, 3.05) is 13.7 Å². The molecule has 0 spiro atoms. The summed E-state index contributed by atoms with van der Waals surface area (Å²) in [5.74, 6) is -0.375. The van der Waals surface area contributed by atoms with E-state index in [9.17, 15) is 19.5 Å². The van der Waals surface area contributed by atoms with Gasteiger partial charge in [-0.15, -0.1) is 0 Å². The Morgan fingerprint density at radius 3 is 2.55 bits per heavy atom. The minimum atomic E-state index is -1.07. The first-order valence-electron chi connectivity index (χ1n) is 13.7. The summed E-state index contributed by atoms with van der Waals surface area (Å²) < 4.78 is 18.8. The lowest BCUT2D eigenvalue weighted by Gasteiger charge is -2.26. The molecule has 0 saturated carbocycles. The Morgan fingerprint density at radius 2 is 1.80 bits per heavy atom. The number of ether oxygens (including phenoxy) is 2. The van der Waals surface area contributed by atoms with Gasteiger partial charge in [0.2, 0.25) is 0 Å². The molecule has 1 aliphatic rings. The number of rotatable bonds is 8. The van der Waals surface area contributed by atoms with Gasteiger partial charge in [0.1, 0.15) is 17.3 Å². The van der Waals surface area contributed by atoms with E-state index >= 15 is 0 Å². The lowest BCUT2D eigenvalue weighted by molar-refractivity contribution is -0.138. The van der Waals surface area contributed by atoms with Crippen LogP contribution in [-0.2, 0) is 9.53 Å². The Balaban J connectivity index is 1.57. The lowest BCUT2D eigenvalue weighted by atomic mass is 9.93. The Hall–Kier alpha value is -5.48. The average Bonchev–Trinajstić information content (AvgIpc) is 3.64. The summed E-state index contributed by atoms with van der Waals surface area (Å²) in [6, 6.07) is 25.5. The molecule has 0 fully saturated rings. The molecule has 6 rings (SSSR count). The molecule has 9 nitrogen and oxygen atoms in total. The molecule has 0 unspecified atom stereocenters. The summed E-state index contributed by atoms with van der Waals surface area (Å²) in [4.78, 5) is 44.7. The Morgan fingerprint density at radius 1 is 1.02 bits per heavy atom. The quantitative estimate of drug-likeness (QED) is 0.250. The van der Waals surface area contributed by atoms with Gasteiger partial charge in [-0.3, -0.25) is 9.36 Å². The number of hydrogen-bond donors (Lipinski definition) is 1. The van der Waals surface area contributed by atoms with E-state index in [0.29, 0.717) is 49.0 Å². The van der Waals surface area contributed by atoms with E-state index in [0.717, 1.165) is 11.3 Å². The number of furan rings is 1. The van der Waals surface area contributed by atoms with Crippen LogP contribution in [0.5, 0.6) is 5.75 Å². The van der Waals surface area contributed by atoms with Gasteiger partial charge in [-0.2, -0.15) is 0 Å². The molecule has 0 radical (unpaired) electrons. The molecule has 0 bridgehead atoms. The third-order valence-electron chi connectivity index (χ3n) is 7.11. The van der Waals surface area contributed by atoms with Crippen LogP contribution in [0.15, 0.2) is 111 Å². The van der Waals surface area contributed by atoms with Crippen LogP contribution in [0.1, 0.15) is 40.2 Å². The fraction of sp³-hybridized carbons (Fsp3) is 0.118. The molecule has 3 aromatic carbocycles. The van der Waals surface area contributed by atoms with E-state index in [4.69, 9.17) is 18.9 Å². The number of carboxylic acid groups (broad SMARTS) is 1. The zero-order valence-corrected chi connectivity index (χ0v) is 24.5. The molecule has 220 valence electrons. The second-order valence-corrected chi connectivity index (χ2v) is 10.8. The molecule has 10 heteroatoms. The summed E-state index contributed by atoms with van der Waals surface area (Å²) in [6.07, 6.45) is 1.59. The van der Waals surface area contributed by atoms with Crippen LogP contribution in [0, 0.1) is 0 Å². The largest absolute Gasteiger partial charge is 0.497 e. The number of fused-ring (bicyclic) bond motifs is 1. The summed E-state index contributed by atoms with van der Waals surface area (Å²) in [7, 11) is 1.55. The van der Waals surface area contributed by atoms with Gasteiger partial charge in [-0.1, -0.05) is 72.0 Å². The molecule has 2 aromatic heterocycles. The molecule has 1 aliphatic heterocycles. The minimum absolute atomic E-state index is 0.103. The summed E-state index contributed by atoms with van der Waals surface area (Å²) in [6.45, 7) is 1.87. The number of carbonyl (C=O) groups excluding carboxylic acids is 1. The van der Waals surface area contributed by atoms with Crippen LogP contribution < -0.4 is 19.6 Å². The smallest absolute Gasteiger partial charge is 0.338 e. The Labute approximate surface area is 255 Å². The average molecular weight is 607 g/mol. The van der Waals surface area contributed by atoms with E-state index in [1.807, 2.05) is 36.4 Å². The van der Waals surface area contributed by atoms with E-state index in [1.54, 1.807) is 68.6 Å². The van der Waals surface area contributed by atoms with Crippen molar-refractivity contribution in [3.8, 4) is 17.1 Å². The highest BCUT2D eigenvalue weighted by atomic mass is 32.1. The predicted octanol–water partition coefficient (Wildman–Crippen LogP) is 4.90. The minimum Gasteiger partial charge on any atom is -0.497 e. The monoisotopic (exact) mass is 606 g/mol. The Bertz CT molecular complexity index is 2100. The number of carboxylic acids is 1. The topological polar surface area (TPSA) is 120 Å². The fourth-order valence-corrected chi connectivity index (χ4v) is 6.14. The maximum absolute atomic E-state index is 14.1. The molecular weight excluding hydrogens is 580 g/mol. The number of aromatic carboxylic acids is 1. The van der Waals surface area contributed by atoms with Crippen molar-refractivity contribution in [2.45, 2.75) is 13.0 Å². The molecule has 1 N–H and O–H groups in total. The highest BCUT2D eigenvalue weighted by molar-refractivity contribution is 7.07. The van der Waals surface area contributed by atoms with E-state index in [2.05, 4.69) is 0 Å². The van der Waals surface area contributed by atoms with Crippen molar-refractivity contribution in [1.29, 1.82) is 0 Å². The van der Waals surface area contributed by atoms with E-state index in [1.165, 1.54) is 10.6 Å². The molecule has 5 aromatic rings. The van der Waals surface area contributed by atoms with Crippen LogP contribution >= 0.6 is 11.3 Å².